The number of nitro groups is 1. The molecule has 0 aliphatic heterocycles. The van der Waals surface area contributed by atoms with Crippen LogP contribution in [0.2, 0.25) is 0 Å². The summed E-state index contributed by atoms with van der Waals surface area (Å²) in [5.74, 6) is 0.601. The van der Waals surface area contributed by atoms with Crippen LogP contribution in [0.3, 0.4) is 0 Å². The van der Waals surface area contributed by atoms with Crippen molar-refractivity contribution >= 4 is 11.5 Å². The van der Waals surface area contributed by atoms with Crippen LogP contribution in [0.4, 0.5) is 11.5 Å². The number of para-hydroxylation sites is 1. The first-order valence-corrected chi connectivity index (χ1v) is 9.01. The lowest BCUT2D eigenvalue weighted by Crippen LogP contribution is -2.04. The molecule has 144 valence electrons. The summed E-state index contributed by atoms with van der Waals surface area (Å²) in [6, 6.07) is 15.2. The van der Waals surface area contributed by atoms with Crippen molar-refractivity contribution in [2.45, 2.75) is 13.5 Å². The average molecular weight is 386 g/mol. The zero-order chi connectivity index (χ0) is 20.2. The number of anilines is 1. The summed E-state index contributed by atoms with van der Waals surface area (Å²) in [5.41, 5.74) is 4.41. The number of hydrogen-bond donors (Lipinski definition) is 1. The van der Waals surface area contributed by atoms with Gasteiger partial charge in [0, 0.05) is 42.3 Å². The van der Waals surface area contributed by atoms with Gasteiger partial charge >= 0.3 is 0 Å². The summed E-state index contributed by atoms with van der Waals surface area (Å²) in [5, 5.41) is 18.9. The van der Waals surface area contributed by atoms with Crippen LogP contribution in [0.25, 0.3) is 16.9 Å². The van der Waals surface area contributed by atoms with Crippen molar-refractivity contribution in [3.8, 4) is 16.9 Å². The first kappa shape index (κ1) is 18.3. The minimum Gasteiger partial charge on any atom is -0.366 e. The van der Waals surface area contributed by atoms with Crippen molar-refractivity contribution in [1.29, 1.82) is 0 Å². The van der Waals surface area contributed by atoms with Gasteiger partial charge in [-0.25, -0.2) is 9.67 Å². The lowest BCUT2D eigenvalue weighted by molar-refractivity contribution is -0.385. The number of pyridine rings is 2. The monoisotopic (exact) mass is 386 g/mol. The van der Waals surface area contributed by atoms with Gasteiger partial charge in [-0.2, -0.15) is 5.10 Å². The number of aromatic nitrogens is 4. The van der Waals surface area contributed by atoms with E-state index in [1.165, 1.54) is 12.3 Å². The van der Waals surface area contributed by atoms with Crippen molar-refractivity contribution in [3.05, 3.63) is 94.6 Å². The molecule has 0 spiro atoms. The zero-order valence-electron chi connectivity index (χ0n) is 15.7. The van der Waals surface area contributed by atoms with Crippen LogP contribution in [0.1, 0.15) is 11.1 Å². The third-order valence-electron chi connectivity index (χ3n) is 4.49. The third kappa shape index (κ3) is 3.96. The smallest absolute Gasteiger partial charge is 0.287 e. The fourth-order valence-corrected chi connectivity index (χ4v) is 3.03. The highest BCUT2D eigenvalue weighted by atomic mass is 16.6. The summed E-state index contributed by atoms with van der Waals surface area (Å²) in [6.07, 6.45) is 6.69. The van der Waals surface area contributed by atoms with Crippen molar-refractivity contribution in [1.82, 2.24) is 19.7 Å². The lowest BCUT2D eigenvalue weighted by atomic mass is 10.1. The number of rotatable bonds is 6. The maximum absolute atomic E-state index is 10.9. The highest BCUT2D eigenvalue weighted by molar-refractivity contribution is 5.63. The van der Waals surface area contributed by atoms with E-state index in [1.807, 2.05) is 53.3 Å². The summed E-state index contributed by atoms with van der Waals surface area (Å²) in [7, 11) is 0. The van der Waals surface area contributed by atoms with Crippen LogP contribution in [-0.4, -0.2) is 24.7 Å². The molecule has 29 heavy (non-hydrogen) atoms. The Morgan fingerprint density at radius 2 is 1.90 bits per heavy atom. The Labute approximate surface area is 167 Å². The molecule has 0 bridgehead atoms. The summed E-state index contributed by atoms with van der Waals surface area (Å²) in [6.45, 7) is 2.26. The molecule has 8 heteroatoms. The minimum atomic E-state index is -0.449. The molecule has 4 rings (SSSR count). The third-order valence-corrected chi connectivity index (χ3v) is 4.49. The standard InChI is InChI=1S/C21H18N6O2/c1-15-11-19(27(28)29)13-24-21(15)23-12-17-14-26(18-5-3-2-4-6-18)25-20(17)16-7-9-22-10-8-16/h2-11,13-14H,12H2,1H3,(H,23,24). The second-order valence-electron chi connectivity index (χ2n) is 6.49. The number of benzene rings is 1. The van der Waals surface area contributed by atoms with Crippen molar-refractivity contribution in [3.63, 3.8) is 0 Å². The highest BCUT2D eigenvalue weighted by Crippen LogP contribution is 2.25. The molecule has 1 N–H and O–H groups in total. The molecule has 0 saturated heterocycles. The molecule has 4 aromatic rings. The Morgan fingerprint density at radius 3 is 2.59 bits per heavy atom. The van der Waals surface area contributed by atoms with Gasteiger partial charge in [-0.3, -0.25) is 15.1 Å². The van der Waals surface area contributed by atoms with Gasteiger partial charge in [0.2, 0.25) is 0 Å². The number of nitrogens with one attached hydrogen (secondary N) is 1. The van der Waals surface area contributed by atoms with Gasteiger partial charge < -0.3 is 5.32 Å². The molecular weight excluding hydrogens is 368 g/mol. The van der Waals surface area contributed by atoms with Gasteiger partial charge in [-0.15, -0.1) is 0 Å². The van der Waals surface area contributed by atoms with Gasteiger partial charge in [0.15, 0.2) is 0 Å². The van der Waals surface area contributed by atoms with Gasteiger partial charge in [-0.05, 0) is 36.8 Å². The van der Waals surface area contributed by atoms with Crippen LogP contribution >= 0.6 is 0 Å². The largest absolute Gasteiger partial charge is 0.366 e. The van der Waals surface area contributed by atoms with E-state index >= 15 is 0 Å². The van der Waals surface area contributed by atoms with E-state index in [0.29, 0.717) is 17.9 Å². The molecule has 0 unspecified atom stereocenters. The average Bonchev–Trinajstić information content (AvgIpc) is 3.18. The SMILES string of the molecule is Cc1cc([N+](=O)[O-])cnc1NCc1cn(-c2ccccc2)nc1-c1ccncc1. The molecule has 0 aliphatic carbocycles. The summed E-state index contributed by atoms with van der Waals surface area (Å²) >= 11 is 0. The molecule has 0 aliphatic rings. The number of hydrogen-bond acceptors (Lipinski definition) is 6. The van der Waals surface area contributed by atoms with Gasteiger partial charge in [-0.1, -0.05) is 18.2 Å². The van der Waals surface area contributed by atoms with E-state index in [-0.39, 0.29) is 5.69 Å². The Kier molecular flexibility index (Phi) is 4.98. The summed E-state index contributed by atoms with van der Waals surface area (Å²) < 4.78 is 1.84. The molecule has 3 heterocycles. The van der Waals surface area contributed by atoms with E-state index in [4.69, 9.17) is 5.10 Å². The van der Waals surface area contributed by atoms with Crippen molar-refractivity contribution in [2.24, 2.45) is 0 Å². The lowest BCUT2D eigenvalue weighted by Gasteiger charge is -2.08. The normalized spacial score (nSPS) is 10.7. The Hall–Kier alpha value is -4.07. The van der Waals surface area contributed by atoms with Crippen LogP contribution in [0, 0.1) is 17.0 Å². The molecule has 3 aromatic heterocycles. The molecular formula is C21H18N6O2. The zero-order valence-corrected chi connectivity index (χ0v) is 15.7. The van der Waals surface area contributed by atoms with Crippen LogP contribution in [0.5, 0.6) is 0 Å². The van der Waals surface area contributed by atoms with E-state index in [1.54, 1.807) is 19.3 Å². The summed E-state index contributed by atoms with van der Waals surface area (Å²) in [4.78, 5) is 18.7. The van der Waals surface area contributed by atoms with Gasteiger partial charge in [0.05, 0.1) is 16.3 Å². The Bertz CT molecular complexity index is 1140. The van der Waals surface area contributed by atoms with Crippen molar-refractivity contribution < 1.29 is 4.92 Å². The molecule has 1 aromatic carbocycles. The van der Waals surface area contributed by atoms with E-state index in [0.717, 1.165) is 22.5 Å². The second-order valence-corrected chi connectivity index (χ2v) is 6.49. The molecule has 0 radical (unpaired) electrons. The van der Waals surface area contributed by atoms with Gasteiger partial charge in [0.25, 0.3) is 5.69 Å². The number of aryl methyl sites for hydroxylation is 1. The van der Waals surface area contributed by atoms with Crippen LogP contribution < -0.4 is 5.32 Å². The maximum Gasteiger partial charge on any atom is 0.287 e. The first-order valence-electron chi connectivity index (χ1n) is 9.01. The predicted octanol–water partition coefficient (Wildman–Crippen LogP) is 4.16. The number of nitrogens with zero attached hydrogens (tertiary/aromatic N) is 5. The minimum absolute atomic E-state index is 0.0255. The molecule has 0 saturated carbocycles. The van der Waals surface area contributed by atoms with E-state index in [2.05, 4.69) is 15.3 Å². The van der Waals surface area contributed by atoms with Gasteiger partial charge in [0.1, 0.15) is 12.0 Å². The Morgan fingerprint density at radius 1 is 1.14 bits per heavy atom. The molecule has 0 fully saturated rings. The molecule has 8 nitrogen and oxygen atoms in total. The van der Waals surface area contributed by atoms with Crippen molar-refractivity contribution in [2.75, 3.05) is 5.32 Å². The van der Waals surface area contributed by atoms with Crippen LogP contribution in [-0.2, 0) is 6.54 Å². The maximum atomic E-state index is 10.9. The predicted molar refractivity (Wildman–Crippen MR) is 110 cm³/mol. The topological polar surface area (TPSA) is 98.8 Å². The van der Waals surface area contributed by atoms with E-state index < -0.39 is 4.92 Å². The van der Waals surface area contributed by atoms with E-state index in [9.17, 15) is 10.1 Å². The Balaban J connectivity index is 1.66. The molecule has 0 amide bonds. The second kappa shape index (κ2) is 7.89. The fraction of sp³-hybridized carbons (Fsp3) is 0.0952. The fourth-order valence-electron chi connectivity index (χ4n) is 3.03. The first-order chi connectivity index (χ1) is 14.1. The highest BCUT2D eigenvalue weighted by Gasteiger charge is 2.14. The molecule has 0 atom stereocenters. The quantitative estimate of drug-likeness (QED) is 0.395. The van der Waals surface area contributed by atoms with Crippen LogP contribution in [0.15, 0.2) is 73.3 Å².